The fourth-order valence-electron chi connectivity index (χ4n) is 4.38. The zero-order valence-electron chi connectivity index (χ0n) is 17.2. The summed E-state index contributed by atoms with van der Waals surface area (Å²) in [5.41, 5.74) is 2.82. The summed E-state index contributed by atoms with van der Waals surface area (Å²) in [6.45, 7) is 2.47. The van der Waals surface area contributed by atoms with Crippen molar-refractivity contribution in [2.45, 2.75) is 50.5 Å². The van der Waals surface area contributed by atoms with Crippen LogP contribution in [0.25, 0.3) is 11.1 Å². The molecular formula is C24H26N4O2. The molecule has 0 spiro atoms. The van der Waals surface area contributed by atoms with E-state index in [0.717, 1.165) is 54.6 Å². The van der Waals surface area contributed by atoms with E-state index >= 15 is 0 Å². The van der Waals surface area contributed by atoms with E-state index in [-0.39, 0.29) is 0 Å². The molecule has 0 aromatic carbocycles. The SMILES string of the molecule is Cc1ncc(-c2ccc(C3(O)CCCC3)nc2)c(OCC2C[C@H]2c2ccccn2)n1. The van der Waals surface area contributed by atoms with Gasteiger partial charge in [-0.2, -0.15) is 4.98 Å². The number of ether oxygens (including phenoxy) is 1. The lowest BCUT2D eigenvalue weighted by molar-refractivity contribution is 0.0400. The zero-order valence-corrected chi connectivity index (χ0v) is 17.2. The van der Waals surface area contributed by atoms with E-state index in [2.05, 4.69) is 26.0 Å². The van der Waals surface area contributed by atoms with Crippen molar-refractivity contribution in [1.82, 2.24) is 19.9 Å². The largest absolute Gasteiger partial charge is 0.477 e. The highest BCUT2D eigenvalue weighted by Gasteiger charge is 2.40. The number of aromatic nitrogens is 4. The number of hydrogen-bond acceptors (Lipinski definition) is 6. The van der Waals surface area contributed by atoms with Gasteiger partial charge in [-0.25, -0.2) is 4.98 Å². The smallest absolute Gasteiger partial charge is 0.224 e. The van der Waals surface area contributed by atoms with Crippen molar-refractivity contribution in [2.75, 3.05) is 6.61 Å². The number of hydrogen-bond donors (Lipinski definition) is 1. The minimum Gasteiger partial charge on any atom is -0.477 e. The molecule has 3 heterocycles. The van der Waals surface area contributed by atoms with Crippen LogP contribution in [0, 0.1) is 12.8 Å². The Hall–Kier alpha value is -2.86. The van der Waals surface area contributed by atoms with Crippen molar-refractivity contribution in [2.24, 2.45) is 5.92 Å². The number of aliphatic hydroxyl groups is 1. The van der Waals surface area contributed by atoms with E-state index in [9.17, 15) is 5.11 Å². The number of rotatable bonds is 6. The van der Waals surface area contributed by atoms with E-state index in [1.54, 1.807) is 12.4 Å². The van der Waals surface area contributed by atoms with E-state index < -0.39 is 5.60 Å². The molecule has 1 unspecified atom stereocenters. The van der Waals surface area contributed by atoms with E-state index in [4.69, 9.17) is 4.74 Å². The average molecular weight is 402 g/mol. The van der Waals surface area contributed by atoms with Gasteiger partial charge < -0.3 is 9.84 Å². The summed E-state index contributed by atoms with van der Waals surface area (Å²) in [5, 5.41) is 10.8. The first-order chi connectivity index (χ1) is 14.6. The summed E-state index contributed by atoms with van der Waals surface area (Å²) in [6, 6.07) is 9.95. The Morgan fingerprint density at radius 1 is 1.07 bits per heavy atom. The monoisotopic (exact) mass is 402 g/mol. The van der Waals surface area contributed by atoms with Crippen LogP contribution in [0.3, 0.4) is 0 Å². The summed E-state index contributed by atoms with van der Waals surface area (Å²) in [4.78, 5) is 17.9. The second-order valence-corrected chi connectivity index (χ2v) is 8.47. The molecule has 2 fully saturated rings. The third-order valence-electron chi connectivity index (χ3n) is 6.28. The quantitative estimate of drug-likeness (QED) is 0.666. The number of aryl methyl sites for hydroxylation is 1. The predicted octanol–water partition coefficient (Wildman–Crippen LogP) is 4.19. The number of pyridine rings is 2. The maximum Gasteiger partial charge on any atom is 0.224 e. The van der Waals surface area contributed by atoms with Crippen LogP contribution in [0.1, 0.15) is 55.2 Å². The minimum atomic E-state index is -0.784. The summed E-state index contributed by atoms with van der Waals surface area (Å²) in [6.07, 6.45) is 10.2. The fraction of sp³-hybridized carbons (Fsp3) is 0.417. The fourth-order valence-corrected chi connectivity index (χ4v) is 4.38. The zero-order chi connectivity index (χ0) is 20.6. The molecule has 2 aliphatic carbocycles. The molecule has 6 nitrogen and oxygen atoms in total. The molecule has 0 radical (unpaired) electrons. The molecule has 0 bridgehead atoms. The second-order valence-electron chi connectivity index (χ2n) is 8.47. The number of nitrogens with zero attached hydrogens (tertiary/aromatic N) is 4. The Morgan fingerprint density at radius 2 is 1.93 bits per heavy atom. The summed E-state index contributed by atoms with van der Waals surface area (Å²) >= 11 is 0. The summed E-state index contributed by atoms with van der Waals surface area (Å²) in [7, 11) is 0. The van der Waals surface area contributed by atoms with Crippen molar-refractivity contribution >= 4 is 0 Å². The molecule has 2 aliphatic rings. The van der Waals surface area contributed by atoms with Gasteiger partial charge in [0, 0.05) is 41.7 Å². The lowest BCUT2D eigenvalue weighted by Gasteiger charge is -2.21. The summed E-state index contributed by atoms with van der Waals surface area (Å²) in [5.74, 6) is 2.18. The molecule has 0 amide bonds. The van der Waals surface area contributed by atoms with Gasteiger partial charge in [-0.1, -0.05) is 25.0 Å². The van der Waals surface area contributed by atoms with Gasteiger partial charge in [0.1, 0.15) is 11.4 Å². The van der Waals surface area contributed by atoms with Crippen LogP contribution in [0.4, 0.5) is 0 Å². The predicted molar refractivity (Wildman–Crippen MR) is 113 cm³/mol. The highest BCUT2D eigenvalue weighted by atomic mass is 16.5. The lowest BCUT2D eigenvalue weighted by atomic mass is 9.96. The third kappa shape index (κ3) is 3.79. The van der Waals surface area contributed by atoms with Gasteiger partial charge in [-0.3, -0.25) is 9.97 Å². The maximum atomic E-state index is 10.8. The van der Waals surface area contributed by atoms with Crippen molar-refractivity contribution < 1.29 is 9.84 Å². The minimum absolute atomic E-state index is 0.458. The van der Waals surface area contributed by atoms with Crippen molar-refractivity contribution in [3.8, 4) is 17.0 Å². The van der Waals surface area contributed by atoms with E-state index in [1.807, 2.05) is 37.4 Å². The first-order valence-electron chi connectivity index (χ1n) is 10.7. The van der Waals surface area contributed by atoms with Crippen LogP contribution < -0.4 is 4.74 Å². The first kappa shape index (κ1) is 19.1. The molecule has 154 valence electrons. The lowest BCUT2D eigenvalue weighted by Crippen LogP contribution is -2.22. The maximum absolute atomic E-state index is 10.8. The molecule has 0 aliphatic heterocycles. The molecule has 6 heteroatoms. The Kier molecular flexibility index (Phi) is 4.95. The average Bonchev–Trinajstić information content (AvgIpc) is 3.43. The molecule has 5 rings (SSSR count). The Bertz CT molecular complexity index is 1020. The van der Waals surface area contributed by atoms with Crippen LogP contribution >= 0.6 is 0 Å². The van der Waals surface area contributed by atoms with Gasteiger partial charge in [0.05, 0.1) is 17.9 Å². The standard InChI is InChI=1S/C24H26N4O2/c1-16-26-14-20(17-7-8-22(27-13-17)24(29)9-3-4-10-24)23(28-16)30-15-18-12-19(18)21-6-2-5-11-25-21/h2,5-8,11,13-14,18-19,29H,3-4,9-10,12,15H2,1H3/t18?,19-/m1/s1. The van der Waals surface area contributed by atoms with Crippen molar-refractivity contribution in [1.29, 1.82) is 0 Å². The molecular weight excluding hydrogens is 376 g/mol. The Morgan fingerprint density at radius 3 is 2.67 bits per heavy atom. The van der Waals surface area contributed by atoms with Crippen molar-refractivity contribution in [3.05, 3.63) is 66.1 Å². The highest BCUT2D eigenvalue weighted by Crippen LogP contribution is 2.47. The van der Waals surface area contributed by atoms with Crippen LogP contribution in [-0.4, -0.2) is 31.6 Å². The molecule has 2 atom stereocenters. The van der Waals surface area contributed by atoms with E-state index in [1.165, 1.54) is 0 Å². The summed E-state index contributed by atoms with van der Waals surface area (Å²) < 4.78 is 6.14. The molecule has 2 saturated carbocycles. The molecule has 30 heavy (non-hydrogen) atoms. The molecule has 1 N–H and O–H groups in total. The van der Waals surface area contributed by atoms with Crippen LogP contribution in [0.2, 0.25) is 0 Å². The molecule has 0 saturated heterocycles. The second kappa shape index (κ2) is 7.76. The Labute approximate surface area is 176 Å². The topological polar surface area (TPSA) is 81.0 Å². The van der Waals surface area contributed by atoms with Crippen LogP contribution in [0.5, 0.6) is 5.88 Å². The van der Waals surface area contributed by atoms with Gasteiger partial charge in [-0.05, 0) is 44.4 Å². The van der Waals surface area contributed by atoms with Gasteiger partial charge >= 0.3 is 0 Å². The van der Waals surface area contributed by atoms with Gasteiger partial charge in [0.15, 0.2) is 0 Å². The van der Waals surface area contributed by atoms with E-state index in [0.29, 0.717) is 30.1 Å². The highest BCUT2D eigenvalue weighted by molar-refractivity contribution is 5.67. The van der Waals surface area contributed by atoms with Crippen LogP contribution in [-0.2, 0) is 5.60 Å². The van der Waals surface area contributed by atoms with Gasteiger partial charge in [0.25, 0.3) is 0 Å². The van der Waals surface area contributed by atoms with Crippen LogP contribution in [0.15, 0.2) is 48.9 Å². The molecule has 3 aromatic heterocycles. The van der Waals surface area contributed by atoms with Gasteiger partial charge in [0.2, 0.25) is 5.88 Å². The first-order valence-corrected chi connectivity index (χ1v) is 10.7. The molecule has 3 aromatic rings. The van der Waals surface area contributed by atoms with Crippen molar-refractivity contribution in [3.63, 3.8) is 0 Å². The Balaban J connectivity index is 1.32. The third-order valence-corrected chi connectivity index (χ3v) is 6.28. The normalized spacial score (nSPS) is 22.1. The van der Waals surface area contributed by atoms with Gasteiger partial charge in [-0.15, -0.1) is 0 Å².